The van der Waals surface area contributed by atoms with E-state index in [1.54, 1.807) is 6.07 Å². The molecule has 5 rings (SSSR count). The van der Waals surface area contributed by atoms with Crippen LogP contribution in [0.3, 0.4) is 0 Å². The van der Waals surface area contributed by atoms with Crippen LogP contribution in [-0.2, 0) is 0 Å². The van der Waals surface area contributed by atoms with Gasteiger partial charge in [-0.25, -0.2) is 8.78 Å². The summed E-state index contributed by atoms with van der Waals surface area (Å²) >= 11 is 0. The van der Waals surface area contributed by atoms with Crippen LogP contribution in [0.5, 0.6) is 0 Å². The van der Waals surface area contributed by atoms with Gasteiger partial charge in [0.05, 0.1) is 0 Å². The van der Waals surface area contributed by atoms with Crippen LogP contribution in [-0.4, -0.2) is 0 Å². The third kappa shape index (κ3) is 5.10. The monoisotopic (exact) mass is 448 g/mol. The third-order valence-corrected chi connectivity index (χ3v) is 9.34. The summed E-state index contributed by atoms with van der Waals surface area (Å²) in [5.41, 5.74) is 3.09. The van der Waals surface area contributed by atoms with Gasteiger partial charge in [-0.3, -0.25) is 0 Å². The van der Waals surface area contributed by atoms with E-state index in [0.29, 0.717) is 5.92 Å². The predicted molar refractivity (Wildman–Crippen MR) is 133 cm³/mol. The normalized spacial score (nSPS) is 32.2. The summed E-state index contributed by atoms with van der Waals surface area (Å²) in [6, 6.07) is 12.7. The molecule has 0 nitrogen and oxygen atoms in total. The van der Waals surface area contributed by atoms with Crippen LogP contribution in [0.2, 0.25) is 0 Å². The number of hydrogen-bond acceptors (Lipinski definition) is 0. The van der Waals surface area contributed by atoms with Crippen LogP contribution in [0.4, 0.5) is 8.78 Å². The minimum atomic E-state index is -0.791. The van der Waals surface area contributed by atoms with Crippen molar-refractivity contribution in [2.75, 3.05) is 0 Å². The molecule has 0 saturated heterocycles. The molecule has 0 spiro atoms. The van der Waals surface area contributed by atoms with Gasteiger partial charge in [0, 0.05) is 0 Å². The summed E-state index contributed by atoms with van der Waals surface area (Å²) in [6.45, 7) is 3.96. The van der Waals surface area contributed by atoms with E-state index in [2.05, 4.69) is 36.9 Å². The van der Waals surface area contributed by atoms with Gasteiger partial charge in [0.15, 0.2) is 11.6 Å². The second-order valence-electron chi connectivity index (χ2n) is 11.2. The second kappa shape index (κ2) is 10.1. The van der Waals surface area contributed by atoms with E-state index < -0.39 is 11.6 Å². The number of rotatable bonds is 5. The molecule has 2 aromatic carbocycles. The minimum Gasteiger partial charge on any atom is -0.204 e. The highest BCUT2D eigenvalue weighted by Gasteiger charge is 2.40. The Kier molecular flexibility index (Phi) is 6.99. The van der Waals surface area contributed by atoms with Gasteiger partial charge in [0.1, 0.15) is 0 Å². The van der Waals surface area contributed by atoms with Gasteiger partial charge in [0.25, 0.3) is 0 Å². The first-order valence-electron chi connectivity index (χ1n) is 13.3. The van der Waals surface area contributed by atoms with Crippen molar-refractivity contribution in [2.45, 2.75) is 76.5 Å². The highest BCUT2D eigenvalue weighted by Crippen LogP contribution is 2.51. The van der Waals surface area contributed by atoms with Gasteiger partial charge in [-0.1, -0.05) is 36.4 Å². The van der Waals surface area contributed by atoms with Crippen molar-refractivity contribution >= 4 is 0 Å². The maximum Gasteiger partial charge on any atom is 0.159 e. The molecule has 3 aliphatic carbocycles. The molecular weight excluding hydrogens is 410 g/mol. The Morgan fingerprint density at radius 1 is 0.667 bits per heavy atom. The molecule has 176 valence electrons. The van der Waals surface area contributed by atoms with E-state index in [1.807, 2.05) is 0 Å². The van der Waals surface area contributed by atoms with E-state index in [9.17, 15) is 8.78 Å². The molecule has 0 aromatic heterocycles. The number of hydrogen-bond donors (Lipinski definition) is 0. The molecule has 0 bridgehead atoms. The largest absolute Gasteiger partial charge is 0.204 e. The van der Waals surface area contributed by atoms with E-state index in [4.69, 9.17) is 0 Å². The van der Waals surface area contributed by atoms with Gasteiger partial charge in [-0.15, -0.1) is 6.58 Å². The lowest BCUT2D eigenvalue weighted by atomic mass is 9.73. The highest BCUT2D eigenvalue weighted by molar-refractivity contribution is 5.63. The highest BCUT2D eigenvalue weighted by atomic mass is 19.2. The summed E-state index contributed by atoms with van der Waals surface area (Å²) in [5.74, 6) is 3.85. The van der Waals surface area contributed by atoms with E-state index in [-0.39, 0.29) is 0 Å². The predicted octanol–water partition coefficient (Wildman–Crippen LogP) is 9.31. The van der Waals surface area contributed by atoms with Crippen LogP contribution in [0, 0.1) is 41.2 Å². The lowest BCUT2D eigenvalue weighted by Gasteiger charge is -2.33. The molecule has 2 atom stereocenters. The van der Waals surface area contributed by atoms with Crippen molar-refractivity contribution in [1.29, 1.82) is 0 Å². The molecular formula is C31H38F2. The molecule has 3 aliphatic rings. The van der Waals surface area contributed by atoms with Crippen LogP contribution in [0.25, 0.3) is 11.1 Å². The fourth-order valence-electron chi connectivity index (χ4n) is 7.41. The van der Waals surface area contributed by atoms with Gasteiger partial charge >= 0.3 is 0 Å². The van der Waals surface area contributed by atoms with Crippen molar-refractivity contribution < 1.29 is 8.78 Å². The molecule has 0 heterocycles. The molecule has 0 N–H and O–H groups in total. The van der Waals surface area contributed by atoms with Gasteiger partial charge in [0.2, 0.25) is 0 Å². The van der Waals surface area contributed by atoms with Gasteiger partial charge < -0.3 is 0 Å². The standard InChI is InChI=1S/C31H38F2/c1-2-3-21-4-6-26-18-29(19-27(26)7-5-21)25-14-10-23(11-15-25)22-8-12-24(13-9-22)28-16-17-30(32)31(33)20-28/h2,8-9,12-13,16-17,20-21,23,25-27,29H,1,3-7,10-11,14-15,18-19H2. The van der Waals surface area contributed by atoms with E-state index >= 15 is 0 Å². The zero-order valence-corrected chi connectivity index (χ0v) is 19.8. The molecule has 33 heavy (non-hydrogen) atoms. The molecule has 2 unspecified atom stereocenters. The average Bonchev–Trinajstić information content (AvgIpc) is 3.17. The van der Waals surface area contributed by atoms with Crippen molar-refractivity contribution in [3.63, 3.8) is 0 Å². The quantitative estimate of drug-likeness (QED) is 0.400. The van der Waals surface area contributed by atoms with E-state index in [1.165, 1.54) is 88.3 Å². The zero-order valence-electron chi connectivity index (χ0n) is 19.8. The number of allylic oxidation sites excluding steroid dienone is 1. The lowest BCUT2D eigenvalue weighted by Crippen LogP contribution is -2.20. The Morgan fingerprint density at radius 3 is 1.88 bits per heavy atom. The van der Waals surface area contributed by atoms with Gasteiger partial charge in [-0.05, 0) is 135 Å². The first-order chi connectivity index (χ1) is 16.1. The number of halogens is 2. The average molecular weight is 449 g/mol. The Morgan fingerprint density at radius 2 is 1.27 bits per heavy atom. The maximum absolute atomic E-state index is 13.6. The zero-order chi connectivity index (χ0) is 22.8. The number of benzene rings is 2. The van der Waals surface area contributed by atoms with Crippen molar-refractivity contribution in [3.8, 4) is 11.1 Å². The SMILES string of the molecule is C=CCC1CCC2CC(C3CCC(c4ccc(-c5ccc(F)c(F)c5)cc4)CC3)CC2CC1. The minimum absolute atomic E-state index is 0.645. The van der Waals surface area contributed by atoms with Gasteiger partial charge in [-0.2, -0.15) is 0 Å². The maximum atomic E-state index is 13.6. The van der Waals surface area contributed by atoms with Crippen LogP contribution < -0.4 is 0 Å². The fourth-order valence-corrected chi connectivity index (χ4v) is 7.41. The van der Waals surface area contributed by atoms with Crippen molar-refractivity contribution in [3.05, 3.63) is 72.3 Å². The molecule has 0 radical (unpaired) electrons. The molecule has 2 aromatic rings. The lowest BCUT2D eigenvalue weighted by molar-refractivity contribution is 0.225. The molecule has 0 amide bonds. The molecule has 3 fully saturated rings. The summed E-state index contributed by atoms with van der Waals surface area (Å²) < 4.78 is 26.8. The summed E-state index contributed by atoms with van der Waals surface area (Å²) in [6.07, 6.45) is 17.4. The van der Waals surface area contributed by atoms with Crippen LogP contribution >= 0.6 is 0 Å². The van der Waals surface area contributed by atoms with Crippen LogP contribution in [0.15, 0.2) is 55.1 Å². The summed E-state index contributed by atoms with van der Waals surface area (Å²) in [5, 5.41) is 0. The molecule has 2 heteroatoms. The molecule has 0 aliphatic heterocycles. The molecule has 3 saturated carbocycles. The Bertz CT molecular complexity index is 922. The fraction of sp³-hybridized carbons (Fsp3) is 0.548. The third-order valence-electron chi connectivity index (χ3n) is 9.34. The van der Waals surface area contributed by atoms with Crippen LogP contribution in [0.1, 0.15) is 82.1 Å². The van der Waals surface area contributed by atoms with E-state index in [0.717, 1.165) is 40.7 Å². The second-order valence-corrected chi connectivity index (χ2v) is 11.2. The Balaban J connectivity index is 1.14. The van der Waals surface area contributed by atoms with Crippen molar-refractivity contribution in [2.24, 2.45) is 29.6 Å². The first-order valence-corrected chi connectivity index (χ1v) is 13.3. The summed E-state index contributed by atoms with van der Waals surface area (Å²) in [4.78, 5) is 0. The van der Waals surface area contributed by atoms with Crippen molar-refractivity contribution in [1.82, 2.24) is 0 Å². The summed E-state index contributed by atoms with van der Waals surface area (Å²) in [7, 11) is 0. The number of fused-ring (bicyclic) bond motifs is 1. The Hall–Kier alpha value is -1.96. The Labute approximate surface area is 198 Å². The topological polar surface area (TPSA) is 0 Å². The smallest absolute Gasteiger partial charge is 0.159 e. The first kappa shape index (κ1) is 22.8.